The summed E-state index contributed by atoms with van der Waals surface area (Å²) < 4.78 is 18.7. The van der Waals surface area contributed by atoms with Gasteiger partial charge in [-0.15, -0.1) is 0 Å². The third kappa shape index (κ3) is 2.98. The fraction of sp³-hybridized carbons (Fsp3) is 0.385. The number of halogens is 1. The van der Waals surface area contributed by atoms with Crippen LogP contribution < -0.4 is 15.8 Å². The van der Waals surface area contributed by atoms with E-state index in [4.69, 9.17) is 15.7 Å². The smallest absolute Gasteiger partial charge is 0.254 e. The molecule has 1 aromatic carbocycles. The van der Waals surface area contributed by atoms with Crippen molar-refractivity contribution in [2.24, 2.45) is 16.8 Å². The van der Waals surface area contributed by atoms with Gasteiger partial charge in [0.05, 0.1) is 18.7 Å². The minimum absolute atomic E-state index is 0.0743. The molecule has 1 fully saturated rings. The van der Waals surface area contributed by atoms with Crippen LogP contribution in [-0.4, -0.2) is 30.1 Å². The first-order chi connectivity index (χ1) is 9.56. The molecule has 2 rings (SSSR count). The van der Waals surface area contributed by atoms with E-state index in [0.29, 0.717) is 5.75 Å². The summed E-state index contributed by atoms with van der Waals surface area (Å²) in [5.74, 6) is -0.898. The average Bonchev–Trinajstić information content (AvgIpc) is 3.27. The summed E-state index contributed by atoms with van der Waals surface area (Å²) in [7, 11) is 1.41. The fourth-order valence-electron chi connectivity index (χ4n) is 1.95. The molecule has 0 heterocycles. The van der Waals surface area contributed by atoms with Crippen LogP contribution in [-0.2, 0) is 0 Å². The zero-order chi connectivity index (χ0) is 14.7. The highest BCUT2D eigenvalue weighted by Crippen LogP contribution is 2.33. The second kappa shape index (κ2) is 5.77. The monoisotopic (exact) mass is 281 g/mol. The zero-order valence-electron chi connectivity index (χ0n) is 11.0. The zero-order valence-corrected chi connectivity index (χ0v) is 11.0. The van der Waals surface area contributed by atoms with Gasteiger partial charge in [0.15, 0.2) is 5.84 Å². The molecule has 1 aliphatic rings. The number of amidine groups is 1. The Labute approximate surface area is 115 Å². The largest absolute Gasteiger partial charge is 0.497 e. The summed E-state index contributed by atoms with van der Waals surface area (Å²) in [5.41, 5.74) is 5.43. The van der Waals surface area contributed by atoms with Crippen LogP contribution in [0.5, 0.6) is 5.75 Å². The number of nitrogens with zero attached hydrogens (tertiary/aromatic N) is 1. The predicted octanol–water partition coefficient (Wildman–Crippen LogP) is 1.09. The van der Waals surface area contributed by atoms with Crippen LogP contribution in [0, 0.1) is 11.7 Å². The molecule has 0 aromatic heterocycles. The number of hydrogen-bond donors (Lipinski definition) is 3. The number of nitrogens with two attached hydrogens (primary N) is 1. The maximum absolute atomic E-state index is 13.8. The van der Waals surface area contributed by atoms with Crippen LogP contribution in [0.2, 0.25) is 0 Å². The molecule has 1 atom stereocenters. The molecular formula is C13H16FN3O3. The Balaban J connectivity index is 2.14. The third-order valence-electron chi connectivity index (χ3n) is 3.24. The molecule has 108 valence electrons. The lowest BCUT2D eigenvalue weighted by atomic mass is 10.1. The van der Waals surface area contributed by atoms with Crippen LogP contribution in [0.3, 0.4) is 0 Å². The first-order valence-corrected chi connectivity index (χ1v) is 6.18. The first-order valence-electron chi connectivity index (χ1n) is 6.18. The number of rotatable bonds is 5. The van der Waals surface area contributed by atoms with Gasteiger partial charge in [0.1, 0.15) is 11.6 Å². The van der Waals surface area contributed by atoms with Crippen LogP contribution >= 0.6 is 0 Å². The molecule has 0 spiro atoms. The third-order valence-corrected chi connectivity index (χ3v) is 3.24. The summed E-state index contributed by atoms with van der Waals surface area (Å²) in [5, 5.41) is 14.2. The van der Waals surface area contributed by atoms with E-state index < -0.39 is 17.8 Å². The van der Waals surface area contributed by atoms with E-state index in [1.54, 1.807) is 0 Å². The summed E-state index contributed by atoms with van der Waals surface area (Å²) in [6.45, 7) is 0. The Morgan fingerprint density at radius 2 is 2.30 bits per heavy atom. The maximum atomic E-state index is 13.8. The van der Waals surface area contributed by atoms with E-state index in [-0.39, 0.29) is 17.3 Å². The molecule has 0 radical (unpaired) electrons. The average molecular weight is 281 g/mol. The minimum Gasteiger partial charge on any atom is -0.497 e. The summed E-state index contributed by atoms with van der Waals surface area (Å²) >= 11 is 0. The van der Waals surface area contributed by atoms with Crippen LogP contribution in [0.1, 0.15) is 23.2 Å². The molecule has 1 saturated carbocycles. The van der Waals surface area contributed by atoms with Gasteiger partial charge in [-0.2, -0.15) is 0 Å². The normalized spacial score (nSPS) is 16.6. The number of hydrogen-bond acceptors (Lipinski definition) is 4. The van der Waals surface area contributed by atoms with Crippen molar-refractivity contribution in [3.8, 4) is 5.75 Å². The van der Waals surface area contributed by atoms with E-state index >= 15 is 0 Å². The topological polar surface area (TPSA) is 96.9 Å². The van der Waals surface area contributed by atoms with E-state index in [1.807, 2.05) is 0 Å². The highest BCUT2D eigenvalue weighted by molar-refractivity contribution is 5.98. The molecule has 1 aliphatic carbocycles. The lowest BCUT2D eigenvalue weighted by Gasteiger charge is -2.17. The van der Waals surface area contributed by atoms with Gasteiger partial charge in [0, 0.05) is 6.07 Å². The van der Waals surface area contributed by atoms with Crippen LogP contribution in [0.4, 0.5) is 4.39 Å². The first kappa shape index (κ1) is 14.1. The Kier molecular flexibility index (Phi) is 4.07. The summed E-state index contributed by atoms with van der Waals surface area (Å²) in [4.78, 5) is 12.0. The number of benzene rings is 1. The van der Waals surface area contributed by atoms with Crippen LogP contribution in [0.25, 0.3) is 0 Å². The SMILES string of the molecule is COc1ccc(C(=O)NC(/C(N)=N/O)C2CC2)c(F)c1. The number of amides is 1. The second-order valence-electron chi connectivity index (χ2n) is 4.66. The molecule has 0 saturated heterocycles. The standard InChI is InChI=1S/C13H16FN3O3/c1-20-8-4-5-9(10(14)6-8)13(18)16-11(7-2-3-7)12(15)17-19/h4-7,11,19H,2-3H2,1H3,(H2,15,17)(H,16,18). The fourth-order valence-corrected chi connectivity index (χ4v) is 1.95. The molecule has 20 heavy (non-hydrogen) atoms. The van der Waals surface area contributed by atoms with E-state index in [0.717, 1.165) is 18.9 Å². The molecule has 1 amide bonds. The van der Waals surface area contributed by atoms with Crippen molar-refractivity contribution in [1.29, 1.82) is 0 Å². The Bertz CT molecular complexity index is 544. The molecule has 4 N–H and O–H groups in total. The van der Waals surface area contributed by atoms with E-state index in [1.165, 1.54) is 19.2 Å². The molecule has 7 heteroatoms. The highest BCUT2D eigenvalue weighted by atomic mass is 19.1. The quantitative estimate of drug-likeness (QED) is 0.326. The molecule has 6 nitrogen and oxygen atoms in total. The van der Waals surface area contributed by atoms with Gasteiger partial charge < -0.3 is 21.0 Å². The predicted molar refractivity (Wildman–Crippen MR) is 70.3 cm³/mol. The number of nitrogens with one attached hydrogen (secondary N) is 1. The minimum atomic E-state index is -0.684. The number of carbonyl (C=O) groups is 1. The van der Waals surface area contributed by atoms with Gasteiger partial charge >= 0.3 is 0 Å². The van der Waals surface area contributed by atoms with Gasteiger partial charge in [-0.05, 0) is 30.9 Å². The highest BCUT2D eigenvalue weighted by Gasteiger charge is 2.35. The molecule has 1 unspecified atom stereocenters. The van der Waals surface area contributed by atoms with Crippen molar-refractivity contribution in [3.63, 3.8) is 0 Å². The van der Waals surface area contributed by atoms with Gasteiger partial charge in [-0.1, -0.05) is 5.16 Å². The lowest BCUT2D eigenvalue weighted by molar-refractivity contribution is 0.0939. The number of oxime groups is 1. The van der Waals surface area contributed by atoms with Crippen LogP contribution in [0.15, 0.2) is 23.4 Å². The number of methoxy groups -OCH3 is 1. The van der Waals surface area contributed by atoms with Crippen molar-refractivity contribution < 1.29 is 19.1 Å². The Morgan fingerprint density at radius 3 is 2.80 bits per heavy atom. The summed E-state index contributed by atoms with van der Waals surface area (Å²) in [6, 6.07) is 3.38. The van der Waals surface area contributed by atoms with E-state index in [2.05, 4.69) is 10.5 Å². The number of ether oxygens (including phenoxy) is 1. The Hall–Kier alpha value is -2.31. The van der Waals surface area contributed by atoms with Crippen molar-refractivity contribution in [2.45, 2.75) is 18.9 Å². The van der Waals surface area contributed by atoms with Crippen molar-refractivity contribution in [1.82, 2.24) is 5.32 Å². The number of carbonyl (C=O) groups excluding carboxylic acids is 1. The van der Waals surface area contributed by atoms with Gasteiger partial charge in [-0.3, -0.25) is 4.79 Å². The second-order valence-corrected chi connectivity index (χ2v) is 4.66. The molecular weight excluding hydrogens is 265 g/mol. The molecule has 0 aliphatic heterocycles. The molecule has 1 aromatic rings. The van der Waals surface area contributed by atoms with Gasteiger partial charge in [-0.25, -0.2) is 4.39 Å². The maximum Gasteiger partial charge on any atom is 0.254 e. The van der Waals surface area contributed by atoms with Crippen molar-refractivity contribution in [2.75, 3.05) is 7.11 Å². The van der Waals surface area contributed by atoms with Crippen molar-refractivity contribution >= 4 is 11.7 Å². The van der Waals surface area contributed by atoms with E-state index in [9.17, 15) is 9.18 Å². The van der Waals surface area contributed by atoms with Crippen molar-refractivity contribution in [3.05, 3.63) is 29.6 Å². The van der Waals surface area contributed by atoms with Gasteiger partial charge in [0.2, 0.25) is 0 Å². The Morgan fingerprint density at radius 1 is 1.60 bits per heavy atom. The lowest BCUT2D eigenvalue weighted by Crippen LogP contribution is -2.46. The molecule has 0 bridgehead atoms. The van der Waals surface area contributed by atoms with Gasteiger partial charge in [0.25, 0.3) is 5.91 Å². The summed E-state index contributed by atoms with van der Waals surface area (Å²) in [6.07, 6.45) is 1.76.